The zero-order valence-electron chi connectivity index (χ0n) is 16.5. The second-order valence-electron chi connectivity index (χ2n) is 7.69. The zero-order valence-corrected chi connectivity index (χ0v) is 17.3. The number of carbonyl (C=O) groups excluding carboxylic acids is 2. The van der Waals surface area contributed by atoms with E-state index in [-0.39, 0.29) is 36.3 Å². The lowest BCUT2D eigenvalue weighted by Gasteiger charge is -2.25. The molecule has 2 N–H and O–H groups in total. The maximum atomic E-state index is 13.0. The molecule has 0 saturated carbocycles. The van der Waals surface area contributed by atoms with Crippen LogP contribution < -0.4 is 10.6 Å². The van der Waals surface area contributed by atoms with E-state index in [1.54, 1.807) is 0 Å². The second-order valence-corrected chi connectivity index (χ2v) is 7.69. The van der Waals surface area contributed by atoms with E-state index in [1.807, 2.05) is 47.4 Å². The lowest BCUT2D eigenvalue weighted by Crippen LogP contribution is -2.30. The van der Waals surface area contributed by atoms with Crippen LogP contribution in [0.3, 0.4) is 0 Å². The van der Waals surface area contributed by atoms with E-state index >= 15 is 0 Å². The fourth-order valence-corrected chi connectivity index (χ4v) is 4.26. The number of nitrogens with zero attached hydrogens (tertiary/aromatic N) is 1. The first-order valence-electron chi connectivity index (χ1n) is 10.2. The van der Waals surface area contributed by atoms with Crippen LogP contribution in [0.25, 0.3) is 0 Å². The number of likely N-dealkylation sites (tertiary alicyclic amines) is 1. The normalized spacial score (nSPS) is 20.9. The minimum absolute atomic E-state index is 0. The predicted molar refractivity (Wildman–Crippen MR) is 117 cm³/mol. The fraction of sp³-hybridized carbons (Fsp3) is 0.391. The topological polar surface area (TPSA) is 61.4 Å². The molecule has 2 aliphatic rings. The zero-order chi connectivity index (χ0) is 19.3. The van der Waals surface area contributed by atoms with E-state index in [0.717, 1.165) is 44.5 Å². The van der Waals surface area contributed by atoms with Gasteiger partial charge in [-0.25, -0.2) is 0 Å². The predicted octanol–water partition coefficient (Wildman–Crippen LogP) is 4.17. The monoisotopic (exact) mass is 413 g/mol. The summed E-state index contributed by atoms with van der Waals surface area (Å²) in [6.45, 7) is 1.78. The molecule has 2 amide bonds. The van der Waals surface area contributed by atoms with Crippen molar-refractivity contribution in [3.05, 3.63) is 65.7 Å². The van der Waals surface area contributed by atoms with Gasteiger partial charge in [-0.2, -0.15) is 0 Å². The Morgan fingerprint density at radius 2 is 1.76 bits per heavy atom. The number of rotatable bonds is 5. The third-order valence-electron chi connectivity index (χ3n) is 5.71. The van der Waals surface area contributed by atoms with E-state index < -0.39 is 0 Å². The maximum absolute atomic E-state index is 13.0. The van der Waals surface area contributed by atoms with E-state index in [1.165, 1.54) is 5.56 Å². The van der Waals surface area contributed by atoms with E-state index in [9.17, 15) is 9.59 Å². The summed E-state index contributed by atoms with van der Waals surface area (Å²) in [7, 11) is 0. The van der Waals surface area contributed by atoms with Crippen molar-refractivity contribution in [2.45, 2.75) is 44.2 Å². The van der Waals surface area contributed by atoms with Gasteiger partial charge in [0.1, 0.15) is 0 Å². The summed E-state index contributed by atoms with van der Waals surface area (Å²) < 4.78 is 0. The molecule has 5 nitrogen and oxygen atoms in total. The molecule has 0 aliphatic carbocycles. The molecular formula is C23H28ClN3O2. The van der Waals surface area contributed by atoms with Crippen molar-refractivity contribution in [2.24, 2.45) is 0 Å². The average molecular weight is 414 g/mol. The largest absolute Gasteiger partial charge is 0.332 e. The number of hydrogen-bond donors (Lipinski definition) is 2. The molecule has 0 aromatic heterocycles. The Morgan fingerprint density at radius 3 is 2.45 bits per heavy atom. The Kier molecular flexibility index (Phi) is 7.29. The van der Waals surface area contributed by atoms with Crippen molar-refractivity contribution in [2.75, 3.05) is 18.4 Å². The number of hydrogen-bond acceptors (Lipinski definition) is 3. The Labute approximate surface area is 178 Å². The molecule has 0 spiro atoms. The van der Waals surface area contributed by atoms with Gasteiger partial charge in [0.05, 0.1) is 6.04 Å². The van der Waals surface area contributed by atoms with Gasteiger partial charge < -0.3 is 15.5 Å². The SMILES string of the molecule is Cl.O=C(CC1CCCN1)Nc1ccc(C(=O)N2CCCC2c2ccccc2)cc1. The van der Waals surface area contributed by atoms with E-state index in [2.05, 4.69) is 22.8 Å². The number of amides is 2. The summed E-state index contributed by atoms with van der Waals surface area (Å²) in [6, 6.07) is 17.9. The highest BCUT2D eigenvalue weighted by atomic mass is 35.5. The lowest BCUT2D eigenvalue weighted by atomic mass is 10.0. The smallest absolute Gasteiger partial charge is 0.254 e. The van der Waals surface area contributed by atoms with Gasteiger partial charge in [-0.15, -0.1) is 12.4 Å². The Bertz CT molecular complexity index is 820. The highest BCUT2D eigenvalue weighted by molar-refractivity contribution is 5.96. The molecule has 29 heavy (non-hydrogen) atoms. The standard InChI is InChI=1S/C23H27N3O2.ClH/c27-22(16-20-8-4-14-24-20)25-19-12-10-18(11-13-19)23(28)26-15-5-9-21(26)17-6-2-1-3-7-17;/h1-3,6-7,10-13,20-21,24H,4-5,8-9,14-16H2,(H,25,27);1H. The molecule has 0 radical (unpaired) electrons. The third kappa shape index (κ3) is 5.17. The molecule has 2 atom stereocenters. The minimum atomic E-state index is 0. The number of nitrogens with one attached hydrogen (secondary N) is 2. The molecule has 0 bridgehead atoms. The van der Waals surface area contributed by atoms with Crippen LogP contribution in [0.4, 0.5) is 5.69 Å². The lowest BCUT2D eigenvalue weighted by molar-refractivity contribution is -0.116. The fourth-order valence-electron chi connectivity index (χ4n) is 4.26. The summed E-state index contributed by atoms with van der Waals surface area (Å²) in [6.07, 6.45) is 4.70. The van der Waals surface area contributed by atoms with E-state index in [4.69, 9.17) is 0 Å². The van der Waals surface area contributed by atoms with Crippen LogP contribution >= 0.6 is 12.4 Å². The average Bonchev–Trinajstić information content (AvgIpc) is 3.40. The van der Waals surface area contributed by atoms with Gasteiger partial charge in [0.15, 0.2) is 0 Å². The van der Waals surface area contributed by atoms with Crippen molar-refractivity contribution in [3.63, 3.8) is 0 Å². The van der Waals surface area contributed by atoms with Gasteiger partial charge in [-0.1, -0.05) is 30.3 Å². The first-order chi connectivity index (χ1) is 13.7. The summed E-state index contributed by atoms with van der Waals surface area (Å²) in [5.74, 6) is 0.0709. The van der Waals surface area contributed by atoms with Gasteiger partial charge in [0.2, 0.25) is 5.91 Å². The van der Waals surface area contributed by atoms with Crippen LogP contribution in [0.5, 0.6) is 0 Å². The van der Waals surface area contributed by atoms with Crippen LogP contribution in [0, 0.1) is 0 Å². The first kappa shape index (κ1) is 21.3. The van der Waals surface area contributed by atoms with Crippen LogP contribution in [0.1, 0.15) is 54.1 Å². The molecular weight excluding hydrogens is 386 g/mol. The summed E-state index contributed by atoms with van der Waals surface area (Å²) >= 11 is 0. The molecule has 2 fully saturated rings. The van der Waals surface area contributed by atoms with Gasteiger partial charge in [-0.05, 0) is 62.1 Å². The Morgan fingerprint density at radius 1 is 1.00 bits per heavy atom. The molecule has 154 valence electrons. The quantitative estimate of drug-likeness (QED) is 0.773. The van der Waals surface area contributed by atoms with Gasteiger partial charge in [0, 0.05) is 30.3 Å². The summed E-state index contributed by atoms with van der Waals surface area (Å²) in [5.41, 5.74) is 2.59. The van der Waals surface area contributed by atoms with Gasteiger partial charge in [0.25, 0.3) is 5.91 Å². The number of benzene rings is 2. The molecule has 6 heteroatoms. The minimum Gasteiger partial charge on any atom is -0.332 e. The maximum Gasteiger partial charge on any atom is 0.254 e. The molecule has 2 aliphatic heterocycles. The van der Waals surface area contributed by atoms with Crippen molar-refractivity contribution >= 4 is 29.9 Å². The van der Waals surface area contributed by atoms with Crippen LogP contribution in [-0.2, 0) is 4.79 Å². The van der Waals surface area contributed by atoms with Crippen LogP contribution in [0.15, 0.2) is 54.6 Å². The molecule has 2 aromatic rings. The van der Waals surface area contributed by atoms with Crippen LogP contribution in [-0.4, -0.2) is 35.8 Å². The number of anilines is 1. The number of carbonyl (C=O) groups is 2. The number of halogens is 1. The van der Waals surface area contributed by atoms with Gasteiger partial charge in [-0.3, -0.25) is 9.59 Å². The third-order valence-corrected chi connectivity index (χ3v) is 5.71. The van der Waals surface area contributed by atoms with Crippen molar-refractivity contribution in [3.8, 4) is 0 Å². The molecule has 2 unspecified atom stereocenters. The highest BCUT2D eigenvalue weighted by Crippen LogP contribution is 2.33. The second kappa shape index (κ2) is 9.90. The summed E-state index contributed by atoms with van der Waals surface area (Å²) in [5, 5.41) is 6.27. The van der Waals surface area contributed by atoms with Crippen molar-refractivity contribution in [1.29, 1.82) is 0 Å². The Hall–Kier alpha value is -2.37. The van der Waals surface area contributed by atoms with Crippen molar-refractivity contribution < 1.29 is 9.59 Å². The van der Waals surface area contributed by atoms with E-state index in [0.29, 0.717) is 12.0 Å². The Balaban J connectivity index is 0.00000240. The van der Waals surface area contributed by atoms with Crippen molar-refractivity contribution in [1.82, 2.24) is 10.2 Å². The first-order valence-corrected chi connectivity index (χ1v) is 10.2. The molecule has 2 saturated heterocycles. The summed E-state index contributed by atoms with van der Waals surface area (Å²) in [4.78, 5) is 27.2. The van der Waals surface area contributed by atoms with Gasteiger partial charge >= 0.3 is 0 Å². The molecule has 2 heterocycles. The molecule has 2 aromatic carbocycles. The molecule has 4 rings (SSSR count). The van der Waals surface area contributed by atoms with Crippen LogP contribution in [0.2, 0.25) is 0 Å². The highest BCUT2D eigenvalue weighted by Gasteiger charge is 2.30.